The molecule has 4 nitrogen and oxygen atoms in total. The lowest BCUT2D eigenvalue weighted by Gasteiger charge is -2.32. The second kappa shape index (κ2) is 7.39. The van der Waals surface area contributed by atoms with Gasteiger partial charge in [0, 0.05) is 31.1 Å². The summed E-state index contributed by atoms with van der Waals surface area (Å²) in [5.41, 5.74) is 2.19. The Morgan fingerprint density at radius 1 is 1.22 bits per heavy atom. The number of amides is 2. The first kappa shape index (κ1) is 16.4. The SMILES string of the molecule is Cc1cccc(CC(=O)N2CCC[C@@H]2C(=O)N2CCSCC2)c1. The molecular weight excluding hydrogens is 308 g/mol. The Bertz CT molecular complexity index is 584. The van der Waals surface area contributed by atoms with Crippen LogP contribution >= 0.6 is 11.8 Å². The second-order valence-corrected chi connectivity index (χ2v) is 7.57. The first-order valence-corrected chi connectivity index (χ1v) is 9.52. The van der Waals surface area contributed by atoms with Gasteiger partial charge in [0.25, 0.3) is 0 Å². The molecule has 2 saturated heterocycles. The maximum absolute atomic E-state index is 12.7. The number of rotatable bonds is 3. The van der Waals surface area contributed by atoms with E-state index in [1.54, 1.807) is 0 Å². The Balaban J connectivity index is 1.65. The first-order chi connectivity index (χ1) is 11.1. The minimum absolute atomic E-state index is 0.0813. The Morgan fingerprint density at radius 2 is 2.00 bits per heavy atom. The zero-order chi connectivity index (χ0) is 16.2. The predicted molar refractivity (Wildman–Crippen MR) is 93.5 cm³/mol. The predicted octanol–water partition coefficient (Wildman–Crippen LogP) is 2.10. The summed E-state index contributed by atoms with van der Waals surface area (Å²) in [5, 5.41) is 0. The quantitative estimate of drug-likeness (QED) is 0.851. The second-order valence-electron chi connectivity index (χ2n) is 6.35. The molecule has 0 aromatic heterocycles. The fourth-order valence-corrected chi connectivity index (χ4v) is 4.32. The molecule has 0 unspecified atom stereocenters. The molecule has 0 radical (unpaired) electrons. The Labute approximate surface area is 142 Å². The molecule has 0 aliphatic carbocycles. The highest BCUT2D eigenvalue weighted by molar-refractivity contribution is 7.99. The lowest BCUT2D eigenvalue weighted by molar-refractivity contribution is -0.143. The van der Waals surface area contributed by atoms with E-state index in [0.717, 1.165) is 48.6 Å². The normalized spacial score (nSPS) is 21.5. The van der Waals surface area contributed by atoms with Gasteiger partial charge in [-0.05, 0) is 25.3 Å². The van der Waals surface area contributed by atoms with E-state index in [-0.39, 0.29) is 17.9 Å². The van der Waals surface area contributed by atoms with Crippen molar-refractivity contribution in [3.05, 3.63) is 35.4 Å². The van der Waals surface area contributed by atoms with E-state index in [1.807, 2.05) is 52.8 Å². The van der Waals surface area contributed by atoms with Gasteiger partial charge in [-0.2, -0.15) is 11.8 Å². The third-order valence-electron chi connectivity index (χ3n) is 4.62. The molecule has 2 heterocycles. The van der Waals surface area contributed by atoms with Gasteiger partial charge in [-0.3, -0.25) is 9.59 Å². The van der Waals surface area contributed by atoms with Crippen LogP contribution in [0.15, 0.2) is 24.3 Å². The number of benzene rings is 1. The van der Waals surface area contributed by atoms with Crippen LogP contribution in [0.2, 0.25) is 0 Å². The van der Waals surface area contributed by atoms with Crippen molar-refractivity contribution >= 4 is 23.6 Å². The molecule has 0 bridgehead atoms. The number of hydrogen-bond donors (Lipinski definition) is 0. The van der Waals surface area contributed by atoms with Crippen molar-refractivity contribution < 1.29 is 9.59 Å². The average Bonchev–Trinajstić information content (AvgIpc) is 3.05. The van der Waals surface area contributed by atoms with E-state index < -0.39 is 0 Å². The molecule has 2 amide bonds. The molecule has 124 valence electrons. The third-order valence-corrected chi connectivity index (χ3v) is 5.56. The van der Waals surface area contributed by atoms with Crippen LogP contribution in [0.25, 0.3) is 0 Å². The third kappa shape index (κ3) is 3.89. The fourth-order valence-electron chi connectivity index (χ4n) is 3.41. The summed E-state index contributed by atoms with van der Waals surface area (Å²) in [4.78, 5) is 29.2. The number of hydrogen-bond acceptors (Lipinski definition) is 3. The summed E-state index contributed by atoms with van der Waals surface area (Å²) in [6.45, 7) is 4.38. The van der Waals surface area contributed by atoms with Gasteiger partial charge in [0.15, 0.2) is 0 Å². The highest BCUT2D eigenvalue weighted by atomic mass is 32.2. The van der Waals surface area contributed by atoms with E-state index >= 15 is 0 Å². The van der Waals surface area contributed by atoms with Crippen molar-refractivity contribution in [2.45, 2.75) is 32.2 Å². The molecule has 3 rings (SSSR count). The molecule has 0 N–H and O–H groups in total. The molecule has 23 heavy (non-hydrogen) atoms. The van der Waals surface area contributed by atoms with Crippen LogP contribution in [0.5, 0.6) is 0 Å². The molecule has 2 aliphatic heterocycles. The summed E-state index contributed by atoms with van der Waals surface area (Å²) in [6, 6.07) is 7.81. The summed E-state index contributed by atoms with van der Waals surface area (Å²) in [5.74, 6) is 2.25. The van der Waals surface area contributed by atoms with Crippen LogP contribution in [0.3, 0.4) is 0 Å². The van der Waals surface area contributed by atoms with E-state index in [0.29, 0.717) is 13.0 Å². The molecule has 5 heteroatoms. The van der Waals surface area contributed by atoms with Gasteiger partial charge in [0.2, 0.25) is 11.8 Å². The molecule has 0 saturated carbocycles. The number of likely N-dealkylation sites (tertiary alicyclic amines) is 1. The molecule has 2 aliphatic rings. The number of thioether (sulfide) groups is 1. The zero-order valence-corrected chi connectivity index (χ0v) is 14.5. The fraction of sp³-hybridized carbons (Fsp3) is 0.556. The van der Waals surface area contributed by atoms with Gasteiger partial charge in [-0.25, -0.2) is 0 Å². The average molecular weight is 332 g/mol. The van der Waals surface area contributed by atoms with Crippen molar-refractivity contribution in [3.8, 4) is 0 Å². The standard InChI is InChI=1S/C18H24N2O2S/c1-14-4-2-5-15(12-14)13-17(21)20-7-3-6-16(20)18(22)19-8-10-23-11-9-19/h2,4-5,12,16H,3,6-11,13H2,1H3/t16-/m1/s1. The smallest absolute Gasteiger partial charge is 0.245 e. The highest BCUT2D eigenvalue weighted by Gasteiger charge is 2.36. The Kier molecular flexibility index (Phi) is 5.26. The monoisotopic (exact) mass is 332 g/mol. The zero-order valence-electron chi connectivity index (χ0n) is 13.7. The number of carbonyl (C=O) groups excluding carboxylic acids is 2. The van der Waals surface area contributed by atoms with E-state index in [1.165, 1.54) is 0 Å². The van der Waals surface area contributed by atoms with Gasteiger partial charge >= 0.3 is 0 Å². The maximum Gasteiger partial charge on any atom is 0.245 e. The molecule has 1 aromatic rings. The Morgan fingerprint density at radius 3 is 2.74 bits per heavy atom. The van der Waals surface area contributed by atoms with Crippen LogP contribution in [-0.2, 0) is 16.0 Å². The Hall–Kier alpha value is -1.49. The molecule has 1 aromatic carbocycles. The molecule has 0 spiro atoms. The van der Waals surface area contributed by atoms with Crippen LogP contribution in [0.1, 0.15) is 24.0 Å². The number of carbonyl (C=O) groups is 2. The number of aryl methyl sites for hydroxylation is 1. The summed E-state index contributed by atoms with van der Waals surface area (Å²) >= 11 is 1.89. The molecular formula is C18H24N2O2S. The summed E-state index contributed by atoms with van der Waals surface area (Å²) in [7, 11) is 0. The van der Waals surface area contributed by atoms with Crippen molar-refractivity contribution in [3.63, 3.8) is 0 Å². The van der Waals surface area contributed by atoms with Crippen molar-refractivity contribution in [1.29, 1.82) is 0 Å². The van der Waals surface area contributed by atoms with Gasteiger partial charge in [-0.1, -0.05) is 29.8 Å². The van der Waals surface area contributed by atoms with Crippen LogP contribution < -0.4 is 0 Å². The van der Waals surface area contributed by atoms with Crippen molar-refractivity contribution in [1.82, 2.24) is 9.80 Å². The van der Waals surface area contributed by atoms with Crippen LogP contribution in [-0.4, -0.2) is 58.8 Å². The van der Waals surface area contributed by atoms with Gasteiger partial charge in [0.05, 0.1) is 6.42 Å². The van der Waals surface area contributed by atoms with E-state index in [4.69, 9.17) is 0 Å². The van der Waals surface area contributed by atoms with Crippen LogP contribution in [0.4, 0.5) is 0 Å². The largest absolute Gasteiger partial charge is 0.339 e. The first-order valence-electron chi connectivity index (χ1n) is 8.37. The van der Waals surface area contributed by atoms with Crippen molar-refractivity contribution in [2.24, 2.45) is 0 Å². The summed E-state index contributed by atoms with van der Waals surface area (Å²) < 4.78 is 0. The minimum Gasteiger partial charge on any atom is -0.339 e. The summed E-state index contributed by atoms with van der Waals surface area (Å²) in [6.07, 6.45) is 2.13. The number of nitrogens with zero attached hydrogens (tertiary/aromatic N) is 2. The van der Waals surface area contributed by atoms with Gasteiger partial charge in [-0.15, -0.1) is 0 Å². The molecule has 2 fully saturated rings. The van der Waals surface area contributed by atoms with E-state index in [9.17, 15) is 9.59 Å². The van der Waals surface area contributed by atoms with Crippen molar-refractivity contribution in [2.75, 3.05) is 31.1 Å². The maximum atomic E-state index is 12.7. The van der Waals surface area contributed by atoms with E-state index in [2.05, 4.69) is 0 Å². The minimum atomic E-state index is -0.240. The van der Waals surface area contributed by atoms with Gasteiger partial charge in [0.1, 0.15) is 6.04 Å². The highest BCUT2D eigenvalue weighted by Crippen LogP contribution is 2.22. The van der Waals surface area contributed by atoms with Crippen LogP contribution in [0, 0.1) is 6.92 Å². The van der Waals surface area contributed by atoms with Gasteiger partial charge < -0.3 is 9.80 Å². The topological polar surface area (TPSA) is 40.6 Å². The lowest BCUT2D eigenvalue weighted by Crippen LogP contribution is -2.50. The lowest BCUT2D eigenvalue weighted by atomic mass is 10.1. The molecule has 1 atom stereocenters.